The summed E-state index contributed by atoms with van der Waals surface area (Å²) < 4.78 is 6.39. The van der Waals surface area contributed by atoms with Crippen molar-refractivity contribution in [2.24, 2.45) is 0 Å². The Balaban J connectivity index is 2.31. The van der Waals surface area contributed by atoms with Crippen LogP contribution in [0.3, 0.4) is 0 Å². The molecule has 8 heteroatoms. The molecule has 0 aliphatic heterocycles. The summed E-state index contributed by atoms with van der Waals surface area (Å²) in [7, 11) is 1.31. The van der Waals surface area contributed by atoms with E-state index in [1.54, 1.807) is 17.7 Å². The number of aryl methyl sites for hydroxylation is 2. The van der Waals surface area contributed by atoms with Gasteiger partial charge in [0.2, 0.25) is 5.91 Å². The molecule has 2 rings (SSSR count). The summed E-state index contributed by atoms with van der Waals surface area (Å²) in [5.74, 6) is -0.719. The molecule has 0 spiro atoms. The second kappa shape index (κ2) is 7.36. The standard InChI is InChI=1S/C16H20ClN3O3S/c1-6-12(20-10(4)13(17)9(3)19-20)14(21)18-15-11(16(22)23-5)7-8(2)24-15/h7,12H,6H2,1-5H3,(H,18,21). The first kappa shape index (κ1) is 18.5. The van der Waals surface area contributed by atoms with Crippen molar-refractivity contribution >= 4 is 39.8 Å². The first-order valence-corrected chi connectivity index (χ1v) is 8.70. The number of carbonyl (C=O) groups is 2. The molecule has 1 unspecified atom stereocenters. The average molecular weight is 370 g/mol. The van der Waals surface area contributed by atoms with Gasteiger partial charge in [0, 0.05) is 4.88 Å². The number of halogens is 1. The molecule has 1 atom stereocenters. The van der Waals surface area contributed by atoms with Crippen molar-refractivity contribution in [3.8, 4) is 0 Å². The van der Waals surface area contributed by atoms with Crippen LogP contribution in [-0.4, -0.2) is 28.8 Å². The Morgan fingerprint density at radius 2 is 2.08 bits per heavy atom. The number of thiophene rings is 1. The van der Waals surface area contributed by atoms with E-state index in [1.807, 2.05) is 20.8 Å². The van der Waals surface area contributed by atoms with Gasteiger partial charge >= 0.3 is 5.97 Å². The highest BCUT2D eigenvalue weighted by molar-refractivity contribution is 7.16. The third kappa shape index (κ3) is 3.47. The van der Waals surface area contributed by atoms with E-state index in [1.165, 1.54) is 18.4 Å². The van der Waals surface area contributed by atoms with Crippen LogP contribution >= 0.6 is 22.9 Å². The lowest BCUT2D eigenvalue weighted by Gasteiger charge is -2.17. The van der Waals surface area contributed by atoms with Crippen molar-refractivity contribution in [3.63, 3.8) is 0 Å². The summed E-state index contributed by atoms with van der Waals surface area (Å²) >= 11 is 7.51. The van der Waals surface area contributed by atoms with Gasteiger partial charge in [0.1, 0.15) is 11.0 Å². The normalized spacial score (nSPS) is 12.1. The van der Waals surface area contributed by atoms with Crippen LogP contribution in [0.5, 0.6) is 0 Å². The number of nitrogens with one attached hydrogen (secondary N) is 1. The average Bonchev–Trinajstić information content (AvgIpc) is 3.02. The summed E-state index contributed by atoms with van der Waals surface area (Å²) in [6.45, 7) is 7.39. The van der Waals surface area contributed by atoms with Gasteiger partial charge in [-0.3, -0.25) is 9.48 Å². The Hall–Kier alpha value is -1.86. The molecule has 2 aromatic rings. The summed E-state index contributed by atoms with van der Waals surface area (Å²) in [5.41, 5.74) is 1.78. The summed E-state index contributed by atoms with van der Waals surface area (Å²) in [5, 5.41) is 8.23. The zero-order valence-electron chi connectivity index (χ0n) is 14.3. The third-order valence-corrected chi connectivity index (χ3v) is 5.23. The van der Waals surface area contributed by atoms with Crippen molar-refractivity contribution in [2.45, 2.75) is 40.2 Å². The third-order valence-electron chi connectivity index (χ3n) is 3.72. The van der Waals surface area contributed by atoms with Gasteiger partial charge in [0.05, 0.1) is 29.1 Å². The van der Waals surface area contributed by atoms with E-state index in [0.29, 0.717) is 27.7 Å². The maximum Gasteiger partial charge on any atom is 0.340 e. The molecule has 0 aliphatic carbocycles. The summed E-state index contributed by atoms with van der Waals surface area (Å²) in [6, 6.07) is 1.19. The smallest absolute Gasteiger partial charge is 0.340 e. The molecule has 0 saturated heterocycles. The number of rotatable bonds is 5. The number of ether oxygens (including phenoxy) is 1. The van der Waals surface area contributed by atoms with Gasteiger partial charge in [-0.25, -0.2) is 4.79 Å². The molecule has 0 aliphatic rings. The van der Waals surface area contributed by atoms with Gasteiger partial charge in [0.15, 0.2) is 0 Å². The number of hydrogen-bond acceptors (Lipinski definition) is 5. The lowest BCUT2D eigenvalue weighted by atomic mass is 10.2. The van der Waals surface area contributed by atoms with E-state index >= 15 is 0 Å². The van der Waals surface area contributed by atoms with Crippen molar-refractivity contribution in [2.75, 3.05) is 12.4 Å². The number of carbonyl (C=O) groups excluding carboxylic acids is 2. The van der Waals surface area contributed by atoms with E-state index in [-0.39, 0.29) is 5.91 Å². The fourth-order valence-corrected chi connectivity index (χ4v) is 3.51. The highest BCUT2D eigenvalue weighted by Crippen LogP contribution is 2.30. The van der Waals surface area contributed by atoms with Crippen LogP contribution in [0, 0.1) is 20.8 Å². The molecule has 0 fully saturated rings. The minimum atomic E-state index is -0.510. The van der Waals surface area contributed by atoms with Crippen LogP contribution in [-0.2, 0) is 9.53 Å². The monoisotopic (exact) mass is 369 g/mol. The Labute approximate surface area is 149 Å². The van der Waals surface area contributed by atoms with Gasteiger partial charge in [-0.1, -0.05) is 18.5 Å². The van der Waals surface area contributed by atoms with Crippen molar-refractivity contribution in [3.05, 3.63) is 32.9 Å². The first-order valence-electron chi connectivity index (χ1n) is 7.50. The zero-order chi connectivity index (χ0) is 18.0. The van der Waals surface area contributed by atoms with Gasteiger partial charge in [-0.15, -0.1) is 11.3 Å². The molecule has 0 bridgehead atoms. The van der Waals surface area contributed by atoms with E-state index in [0.717, 1.165) is 10.6 Å². The molecule has 0 saturated carbocycles. The number of hydrogen-bond donors (Lipinski definition) is 1. The minimum absolute atomic E-state index is 0.244. The minimum Gasteiger partial charge on any atom is -0.465 e. The maximum absolute atomic E-state index is 12.7. The second-order valence-corrected chi connectivity index (χ2v) is 7.07. The van der Waals surface area contributed by atoms with Crippen LogP contribution < -0.4 is 5.32 Å². The fraction of sp³-hybridized carbons (Fsp3) is 0.438. The predicted octanol–water partition coefficient (Wildman–Crippen LogP) is 3.90. The molecule has 0 radical (unpaired) electrons. The molecule has 130 valence electrons. The van der Waals surface area contributed by atoms with Gasteiger partial charge < -0.3 is 10.1 Å². The lowest BCUT2D eigenvalue weighted by Crippen LogP contribution is -2.27. The second-order valence-electron chi connectivity index (χ2n) is 5.43. The van der Waals surface area contributed by atoms with Crippen LogP contribution in [0.4, 0.5) is 5.00 Å². The Kier molecular flexibility index (Phi) is 5.66. The molecule has 6 nitrogen and oxygen atoms in total. The SMILES string of the molecule is CCC(C(=O)Nc1sc(C)cc1C(=O)OC)n1nc(C)c(Cl)c1C. The van der Waals surface area contributed by atoms with Crippen LogP contribution in [0.15, 0.2) is 6.07 Å². The topological polar surface area (TPSA) is 73.2 Å². The summed E-state index contributed by atoms with van der Waals surface area (Å²) in [6.07, 6.45) is 0.544. The molecular formula is C16H20ClN3O3S. The Morgan fingerprint density at radius 3 is 2.58 bits per heavy atom. The van der Waals surface area contributed by atoms with Crippen LogP contribution in [0.25, 0.3) is 0 Å². The molecule has 2 heterocycles. The number of aromatic nitrogens is 2. The van der Waals surface area contributed by atoms with E-state index in [4.69, 9.17) is 16.3 Å². The Bertz CT molecular complexity index is 782. The number of anilines is 1. The number of esters is 1. The van der Waals surface area contributed by atoms with Crippen LogP contribution in [0.1, 0.15) is 46.0 Å². The highest BCUT2D eigenvalue weighted by atomic mass is 35.5. The molecule has 24 heavy (non-hydrogen) atoms. The van der Waals surface area contributed by atoms with E-state index < -0.39 is 12.0 Å². The molecular weight excluding hydrogens is 350 g/mol. The lowest BCUT2D eigenvalue weighted by molar-refractivity contribution is -0.119. The van der Waals surface area contributed by atoms with Crippen molar-refractivity contribution in [1.29, 1.82) is 0 Å². The first-order chi connectivity index (χ1) is 11.3. The quantitative estimate of drug-likeness (QED) is 0.811. The summed E-state index contributed by atoms with van der Waals surface area (Å²) in [4.78, 5) is 25.5. The highest BCUT2D eigenvalue weighted by Gasteiger charge is 2.25. The predicted molar refractivity (Wildman–Crippen MR) is 95.1 cm³/mol. The zero-order valence-corrected chi connectivity index (χ0v) is 15.8. The number of methoxy groups -OCH3 is 1. The fourth-order valence-electron chi connectivity index (χ4n) is 2.48. The molecule has 1 N–H and O–H groups in total. The molecule has 1 amide bonds. The number of amides is 1. The Morgan fingerprint density at radius 1 is 1.42 bits per heavy atom. The molecule has 0 aromatic carbocycles. The van der Waals surface area contributed by atoms with E-state index in [9.17, 15) is 9.59 Å². The van der Waals surface area contributed by atoms with Crippen molar-refractivity contribution in [1.82, 2.24) is 9.78 Å². The molecule has 2 aromatic heterocycles. The largest absolute Gasteiger partial charge is 0.465 e. The number of nitrogens with zero attached hydrogens (tertiary/aromatic N) is 2. The maximum atomic E-state index is 12.7. The van der Waals surface area contributed by atoms with Gasteiger partial charge in [-0.05, 0) is 33.3 Å². The van der Waals surface area contributed by atoms with Crippen LogP contribution in [0.2, 0.25) is 5.02 Å². The van der Waals surface area contributed by atoms with Crippen molar-refractivity contribution < 1.29 is 14.3 Å². The van der Waals surface area contributed by atoms with Gasteiger partial charge in [0.25, 0.3) is 0 Å². The van der Waals surface area contributed by atoms with Gasteiger partial charge in [-0.2, -0.15) is 5.10 Å². The van der Waals surface area contributed by atoms with E-state index in [2.05, 4.69) is 10.4 Å².